The van der Waals surface area contributed by atoms with Crippen molar-refractivity contribution < 1.29 is 9.15 Å². The molecule has 0 bridgehead atoms. The zero-order valence-electron chi connectivity index (χ0n) is 11.9. The molecule has 1 heterocycles. The average Bonchev–Trinajstić information content (AvgIpc) is 2.79. The lowest BCUT2D eigenvalue weighted by atomic mass is 9.89. The molecule has 0 atom stereocenters. The van der Waals surface area contributed by atoms with E-state index >= 15 is 0 Å². The molecule has 1 aromatic heterocycles. The summed E-state index contributed by atoms with van der Waals surface area (Å²) >= 11 is 0. The molecule has 0 amide bonds. The molecule has 98 valence electrons. The lowest BCUT2D eigenvalue weighted by Crippen LogP contribution is -2.29. The number of hydrogen-bond acceptors (Lipinski definition) is 2. The van der Waals surface area contributed by atoms with E-state index in [0.717, 1.165) is 38.1 Å². The zero-order valence-corrected chi connectivity index (χ0v) is 11.9. The van der Waals surface area contributed by atoms with Crippen LogP contribution in [0.5, 0.6) is 0 Å². The van der Waals surface area contributed by atoms with Crippen LogP contribution in [0.1, 0.15) is 64.3 Å². The fourth-order valence-electron chi connectivity index (χ4n) is 2.60. The van der Waals surface area contributed by atoms with Crippen LogP contribution in [0.25, 0.3) is 0 Å². The summed E-state index contributed by atoms with van der Waals surface area (Å²) in [6.45, 7) is 11.5. The molecular weight excluding hydrogens is 212 g/mol. The van der Waals surface area contributed by atoms with Gasteiger partial charge in [-0.3, -0.25) is 0 Å². The summed E-state index contributed by atoms with van der Waals surface area (Å²) in [5, 5.41) is 0. The summed E-state index contributed by atoms with van der Waals surface area (Å²) in [5.74, 6) is 1.06. The normalized spacial score (nSPS) is 12.1. The van der Waals surface area contributed by atoms with E-state index < -0.39 is 0 Å². The SMILES string of the molecule is CCOC(CC)(CC)c1occ(CC)c1CC. The van der Waals surface area contributed by atoms with Gasteiger partial charge in [0.15, 0.2) is 0 Å². The van der Waals surface area contributed by atoms with E-state index in [0.29, 0.717) is 0 Å². The van der Waals surface area contributed by atoms with Crippen molar-refractivity contribution in [2.75, 3.05) is 6.61 Å². The van der Waals surface area contributed by atoms with Crippen LogP contribution >= 0.6 is 0 Å². The molecule has 2 nitrogen and oxygen atoms in total. The molecule has 0 N–H and O–H groups in total. The summed E-state index contributed by atoms with van der Waals surface area (Å²) in [4.78, 5) is 0. The van der Waals surface area contributed by atoms with E-state index in [2.05, 4.69) is 34.6 Å². The standard InChI is InChI=1S/C15H26O2/c1-6-12-11-16-14(13(12)7-2)15(8-3,9-4)17-10-5/h11H,6-10H2,1-5H3. The Bertz CT molecular complexity index is 335. The molecule has 1 aromatic rings. The van der Waals surface area contributed by atoms with Crippen molar-refractivity contribution in [1.29, 1.82) is 0 Å². The van der Waals surface area contributed by atoms with E-state index in [1.54, 1.807) is 0 Å². The van der Waals surface area contributed by atoms with Crippen LogP contribution in [0, 0.1) is 0 Å². The topological polar surface area (TPSA) is 22.4 Å². The third-order valence-corrected chi connectivity index (χ3v) is 3.69. The van der Waals surface area contributed by atoms with Crippen LogP contribution in [0.3, 0.4) is 0 Å². The molecule has 0 unspecified atom stereocenters. The van der Waals surface area contributed by atoms with Crippen molar-refractivity contribution in [1.82, 2.24) is 0 Å². The molecule has 1 rings (SSSR count). The Morgan fingerprint density at radius 3 is 2.12 bits per heavy atom. The number of ether oxygens (including phenoxy) is 1. The van der Waals surface area contributed by atoms with Crippen molar-refractivity contribution in [2.45, 2.75) is 65.9 Å². The Hall–Kier alpha value is -0.760. The van der Waals surface area contributed by atoms with Gasteiger partial charge >= 0.3 is 0 Å². The van der Waals surface area contributed by atoms with Gasteiger partial charge in [0.25, 0.3) is 0 Å². The summed E-state index contributed by atoms with van der Waals surface area (Å²) < 4.78 is 11.9. The van der Waals surface area contributed by atoms with E-state index in [1.165, 1.54) is 11.1 Å². The second kappa shape index (κ2) is 6.25. The van der Waals surface area contributed by atoms with Gasteiger partial charge in [0.05, 0.1) is 6.26 Å². The van der Waals surface area contributed by atoms with Crippen LogP contribution in [-0.2, 0) is 23.2 Å². The second-order valence-corrected chi connectivity index (χ2v) is 4.41. The van der Waals surface area contributed by atoms with Gasteiger partial charge < -0.3 is 9.15 Å². The first-order valence-electron chi connectivity index (χ1n) is 6.92. The Morgan fingerprint density at radius 1 is 1.06 bits per heavy atom. The van der Waals surface area contributed by atoms with Crippen molar-refractivity contribution >= 4 is 0 Å². The maximum atomic E-state index is 6.02. The van der Waals surface area contributed by atoms with Gasteiger partial charge in [0.2, 0.25) is 0 Å². The zero-order chi connectivity index (χ0) is 12.9. The minimum absolute atomic E-state index is 0.229. The Kier molecular flexibility index (Phi) is 5.26. The third-order valence-electron chi connectivity index (χ3n) is 3.69. The Balaban J connectivity index is 3.22. The molecule has 2 heteroatoms. The van der Waals surface area contributed by atoms with Crippen molar-refractivity contribution in [2.24, 2.45) is 0 Å². The molecule has 0 aliphatic carbocycles. The van der Waals surface area contributed by atoms with Gasteiger partial charge in [0, 0.05) is 6.61 Å². The Morgan fingerprint density at radius 2 is 1.71 bits per heavy atom. The molecule has 0 saturated carbocycles. The minimum Gasteiger partial charge on any atom is -0.466 e. The fourth-order valence-corrected chi connectivity index (χ4v) is 2.60. The highest BCUT2D eigenvalue weighted by molar-refractivity contribution is 5.32. The van der Waals surface area contributed by atoms with Crippen LogP contribution in [0.4, 0.5) is 0 Å². The van der Waals surface area contributed by atoms with Crippen LogP contribution in [-0.4, -0.2) is 6.61 Å². The third kappa shape index (κ3) is 2.57. The summed E-state index contributed by atoms with van der Waals surface area (Å²) in [7, 11) is 0. The van der Waals surface area contributed by atoms with Crippen molar-refractivity contribution in [3.05, 3.63) is 23.2 Å². The van der Waals surface area contributed by atoms with E-state index in [1.807, 2.05) is 6.26 Å². The Labute approximate surface area is 105 Å². The first kappa shape index (κ1) is 14.3. The maximum absolute atomic E-state index is 6.02. The summed E-state index contributed by atoms with van der Waals surface area (Å²) in [6, 6.07) is 0. The van der Waals surface area contributed by atoms with E-state index in [9.17, 15) is 0 Å². The van der Waals surface area contributed by atoms with Crippen LogP contribution in [0.2, 0.25) is 0 Å². The number of furan rings is 1. The van der Waals surface area contributed by atoms with Gasteiger partial charge in [-0.1, -0.05) is 27.7 Å². The lowest BCUT2D eigenvalue weighted by molar-refractivity contribution is -0.0660. The summed E-state index contributed by atoms with van der Waals surface area (Å²) in [6.07, 6.45) is 5.88. The van der Waals surface area contributed by atoms with Gasteiger partial charge in [-0.15, -0.1) is 0 Å². The van der Waals surface area contributed by atoms with E-state index in [4.69, 9.17) is 9.15 Å². The molecule has 0 fully saturated rings. The quantitative estimate of drug-likeness (QED) is 0.700. The number of hydrogen-bond donors (Lipinski definition) is 0. The lowest BCUT2D eigenvalue weighted by Gasteiger charge is -2.30. The molecule has 0 aliphatic rings. The largest absolute Gasteiger partial charge is 0.466 e. The van der Waals surface area contributed by atoms with E-state index in [-0.39, 0.29) is 5.60 Å². The van der Waals surface area contributed by atoms with Gasteiger partial charge in [0.1, 0.15) is 11.4 Å². The van der Waals surface area contributed by atoms with Crippen molar-refractivity contribution in [3.63, 3.8) is 0 Å². The summed E-state index contributed by atoms with van der Waals surface area (Å²) in [5.41, 5.74) is 2.45. The average molecular weight is 238 g/mol. The maximum Gasteiger partial charge on any atom is 0.139 e. The number of aryl methyl sites for hydroxylation is 1. The smallest absolute Gasteiger partial charge is 0.139 e. The predicted molar refractivity (Wildman–Crippen MR) is 71.4 cm³/mol. The molecule has 0 radical (unpaired) electrons. The number of rotatable bonds is 7. The molecular formula is C15H26O2. The van der Waals surface area contributed by atoms with Gasteiger partial charge in [-0.2, -0.15) is 0 Å². The molecule has 0 saturated heterocycles. The highest BCUT2D eigenvalue weighted by Gasteiger charge is 2.35. The van der Waals surface area contributed by atoms with Gasteiger partial charge in [-0.25, -0.2) is 0 Å². The molecule has 0 aromatic carbocycles. The predicted octanol–water partition coefficient (Wildman–Crippen LogP) is 4.46. The minimum atomic E-state index is -0.229. The molecule has 0 aliphatic heterocycles. The second-order valence-electron chi connectivity index (χ2n) is 4.41. The highest BCUT2D eigenvalue weighted by Crippen LogP contribution is 2.37. The highest BCUT2D eigenvalue weighted by atomic mass is 16.5. The first-order chi connectivity index (χ1) is 8.18. The monoisotopic (exact) mass is 238 g/mol. The molecule has 17 heavy (non-hydrogen) atoms. The first-order valence-corrected chi connectivity index (χ1v) is 6.92. The molecule has 0 spiro atoms. The van der Waals surface area contributed by atoms with Crippen LogP contribution in [0.15, 0.2) is 10.7 Å². The van der Waals surface area contributed by atoms with Gasteiger partial charge in [-0.05, 0) is 43.7 Å². The van der Waals surface area contributed by atoms with Crippen molar-refractivity contribution in [3.8, 4) is 0 Å². The fraction of sp³-hybridized carbons (Fsp3) is 0.733. The van der Waals surface area contributed by atoms with Crippen LogP contribution < -0.4 is 0 Å².